The molecule has 1 aliphatic rings. The van der Waals surface area contributed by atoms with Crippen molar-refractivity contribution in [3.05, 3.63) is 58.5 Å². The monoisotopic (exact) mass is 405 g/mol. The van der Waals surface area contributed by atoms with E-state index in [0.717, 1.165) is 5.56 Å². The quantitative estimate of drug-likeness (QED) is 0.438. The third kappa shape index (κ3) is 5.80. The number of carbonyl (C=O) groups excluding carboxylic acids is 1. The van der Waals surface area contributed by atoms with Crippen LogP contribution in [0.15, 0.2) is 52.9 Å². The molecule has 150 valence electrons. The van der Waals surface area contributed by atoms with Gasteiger partial charge in [-0.1, -0.05) is 0 Å². The fourth-order valence-corrected chi connectivity index (χ4v) is 3.50. The number of phenols is 1. The van der Waals surface area contributed by atoms with E-state index in [0.29, 0.717) is 25.3 Å². The van der Waals surface area contributed by atoms with Crippen LogP contribution in [-0.2, 0) is 19.0 Å². The molecule has 0 saturated heterocycles. The van der Waals surface area contributed by atoms with E-state index < -0.39 is 6.29 Å². The van der Waals surface area contributed by atoms with Crippen molar-refractivity contribution in [1.82, 2.24) is 0 Å². The number of phenolic OH excluding ortho intramolecular Hbond substituents is 1. The predicted molar refractivity (Wildman–Crippen MR) is 105 cm³/mol. The molecule has 28 heavy (non-hydrogen) atoms. The Bertz CT molecular complexity index is 775. The van der Waals surface area contributed by atoms with E-state index in [4.69, 9.17) is 19.3 Å². The summed E-state index contributed by atoms with van der Waals surface area (Å²) in [6.45, 7) is 0.854. The van der Waals surface area contributed by atoms with Gasteiger partial charge in [0, 0.05) is 18.0 Å². The van der Waals surface area contributed by atoms with E-state index in [1.54, 1.807) is 29.5 Å². The van der Waals surface area contributed by atoms with Crippen molar-refractivity contribution >= 4 is 22.9 Å². The van der Waals surface area contributed by atoms with Crippen LogP contribution >= 0.6 is 11.3 Å². The standard InChI is InChI=1S/C20H23NO6S/c22-6-7-25-8-9-26-19-12-15(14-5-10-28-13-14)11-18(27-19)20(24)21-16-1-3-17(23)4-2-16/h1-5,10-11,13,15,19,22-23H,6-9,12H2,(H,21,24)/t15-,19+/m1/s1. The normalized spacial score (nSPS) is 19.0. The molecule has 2 aromatic rings. The molecule has 1 aromatic heterocycles. The molecule has 0 fully saturated rings. The predicted octanol–water partition coefficient (Wildman–Crippen LogP) is 2.83. The first-order valence-corrected chi connectivity index (χ1v) is 9.91. The topological polar surface area (TPSA) is 97.3 Å². The molecule has 1 aliphatic heterocycles. The number of amides is 1. The SMILES string of the molecule is O=C(Nc1ccc(O)cc1)C1=C[C@@H](c2ccsc2)C[C@@H](OCCOCCO)O1. The largest absolute Gasteiger partial charge is 0.508 e. The van der Waals surface area contributed by atoms with Gasteiger partial charge in [0.15, 0.2) is 5.76 Å². The number of aromatic hydroxyl groups is 1. The second-order valence-electron chi connectivity index (χ2n) is 6.18. The lowest BCUT2D eigenvalue weighted by Gasteiger charge is -2.29. The number of nitrogens with one attached hydrogen (secondary N) is 1. The molecule has 2 heterocycles. The number of thiophene rings is 1. The van der Waals surface area contributed by atoms with Crippen molar-refractivity contribution in [2.75, 3.05) is 31.7 Å². The number of carbonyl (C=O) groups is 1. The fourth-order valence-electron chi connectivity index (χ4n) is 2.78. The van der Waals surface area contributed by atoms with E-state index in [2.05, 4.69) is 5.32 Å². The van der Waals surface area contributed by atoms with Crippen molar-refractivity contribution in [3.63, 3.8) is 0 Å². The van der Waals surface area contributed by atoms with Crippen molar-refractivity contribution in [2.45, 2.75) is 18.6 Å². The number of hydrogen-bond donors (Lipinski definition) is 3. The minimum atomic E-state index is -0.576. The van der Waals surface area contributed by atoms with Crippen molar-refractivity contribution in [1.29, 1.82) is 0 Å². The molecule has 3 N–H and O–H groups in total. The average Bonchev–Trinajstić information content (AvgIpc) is 3.24. The van der Waals surface area contributed by atoms with E-state index >= 15 is 0 Å². The van der Waals surface area contributed by atoms with Crippen LogP contribution in [0.4, 0.5) is 5.69 Å². The van der Waals surface area contributed by atoms with Crippen LogP contribution in [0.2, 0.25) is 0 Å². The Balaban J connectivity index is 1.66. The van der Waals surface area contributed by atoms with Gasteiger partial charge in [-0.05, 0) is 52.7 Å². The van der Waals surface area contributed by atoms with Gasteiger partial charge in [-0.2, -0.15) is 11.3 Å². The smallest absolute Gasteiger partial charge is 0.290 e. The Morgan fingerprint density at radius 3 is 2.75 bits per heavy atom. The highest BCUT2D eigenvalue weighted by molar-refractivity contribution is 7.08. The molecule has 0 spiro atoms. The van der Waals surface area contributed by atoms with Gasteiger partial charge in [0.05, 0.1) is 26.4 Å². The first-order chi connectivity index (χ1) is 13.7. The van der Waals surface area contributed by atoms with Gasteiger partial charge in [-0.3, -0.25) is 4.79 Å². The van der Waals surface area contributed by atoms with Crippen molar-refractivity contribution in [2.24, 2.45) is 0 Å². The number of hydrogen-bond acceptors (Lipinski definition) is 7. The molecule has 0 saturated carbocycles. The zero-order valence-corrected chi connectivity index (χ0v) is 16.1. The molecule has 0 radical (unpaired) electrons. The summed E-state index contributed by atoms with van der Waals surface area (Å²) in [7, 11) is 0. The van der Waals surface area contributed by atoms with Crippen LogP contribution in [0.5, 0.6) is 5.75 Å². The third-order valence-electron chi connectivity index (χ3n) is 4.14. The molecule has 0 unspecified atom stereocenters. The minimum absolute atomic E-state index is 0.00364. The highest BCUT2D eigenvalue weighted by Crippen LogP contribution is 2.33. The zero-order valence-electron chi connectivity index (χ0n) is 15.2. The van der Waals surface area contributed by atoms with Crippen LogP contribution < -0.4 is 5.32 Å². The third-order valence-corrected chi connectivity index (χ3v) is 4.85. The van der Waals surface area contributed by atoms with Crippen molar-refractivity contribution < 1.29 is 29.2 Å². The van der Waals surface area contributed by atoms with Crippen LogP contribution in [-0.4, -0.2) is 48.8 Å². The van der Waals surface area contributed by atoms with E-state index in [1.165, 1.54) is 12.1 Å². The molecule has 8 heteroatoms. The molecule has 7 nitrogen and oxygen atoms in total. The molecule has 0 aliphatic carbocycles. The summed E-state index contributed by atoms with van der Waals surface area (Å²) >= 11 is 1.60. The number of allylic oxidation sites excluding steroid dienone is 1. The lowest BCUT2D eigenvalue weighted by Crippen LogP contribution is -2.30. The van der Waals surface area contributed by atoms with Gasteiger partial charge in [-0.15, -0.1) is 0 Å². The van der Waals surface area contributed by atoms with Crippen molar-refractivity contribution in [3.8, 4) is 5.75 Å². The van der Waals surface area contributed by atoms with E-state index in [-0.39, 0.29) is 36.5 Å². The minimum Gasteiger partial charge on any atom is -0.508 e. The second kappa shape index (κ2) is 10.2. The number of anilines is 1. The van der Waals surface area contributed by atoms with Gasteiger partial charge in [-0.25, -0.2) is 0 Å². The number of aliphatic hydroxyl groups excluding tert-OH is 1. The van der Waals surface area contributed by atoms with Crippen LogP contribution in [0, 0.1) is 0 Å². The fraction of sp³-hybridized carbons (Fsp3) is 0.350. The maximum atomic E-state index is 12.7. The average molecular weight is 405 g/mol. The maximum Gasteiger partial charge on any atom is 0.290 e. The summed E-state index contributed by atoms with van der Waals surface area (Å²) in [5.74, 6) is -0.0583. The molecule has 0 bridgehead atoms. The molecule has 1 amide bonds. The van der Waals surface area contributed by atoms with Gasteiger partial charge in [0.2, 0.25) is 6.29 Å². The van der Waals surface area contributed by atoms with Crippen LogP contribution in [0.1, 0.15) is 17.9 Å². The Morgan fingerprint density at radius 2 is 2.04 bits per heavy atom. The zero-order chi connectivity index (χ0) is 19.8. The van der Waals surface area contributed by atoms with Gasteiger partial charge in [0.1, 0.15) is 5.75 Å². The first kappa shape index (κ1) is 20.3. The van der Waals surface area contributed by atoms with Gasteiger partial charge in [0.25, 0.3) is 5.91 Å². The Kier molecular flexibility index (Phi) is 7.44. The Hall–Kier alpha value is -2.39. The Morgan fingerprint density at radius 1 is 1.21 bits per heavy atom. The Labute approximate surface area is 167 Å². The number of aliphatic hydroxyl groups is 1. The summed E-state index contributed by atoms with van der Waals surface area (Å²) < 4.78 is 16.7. The summed E-state index contributed by atoms with van der Waals surface area (Å²) in [6.07, 6.45) is 1.82. The van der Waals surface area contributed by atoms with E-state index in [9.17, 15) is 9.90 Å². The molecular weight excluding hydrogens is 382 g/mol. The van der Waals surface area contributed by atoms with Crippen LogP contribution in [0.25, 0.3) is 0 Å². The number of benzene rings is 1. The lowest BCUT2D eigenvalue weighted by atomic mass is 9.95. The number of ether oxygens (including phenoxy) is 3. The maximum absolute atomic E-state index is 12.7. The highest BCUT2D eigenvalue weighted by atomic mass is 32.1. The summed E-state index contributed by atoms with van der Waals surface area (Å²) in [5.41, 5.74) is 1.66. The number of rotatable bonds is 9. The van der Waals surface area contributed by atoms with Crippen LogP contribution in [0.3, 0.4) is 0 Å². The van der Waals surface area contributed by atoms with Gasteiger partial charge >= 0.3 is 0 Å². The molecule has 2 atom stereocenters. The summed E-state index contributed by atoms with van der Waals surface area (Å²) in [4.78, 5) is 12.7. The highest BCUT2D eigenvalue weighted by Gasteiger charge is 2.29. The summed E-state index contributed by atoms with van der Waals surface area (Å²) in [6, 6.07) is 8.24. The van der Waals surface area contributed by atoms with E-state index in [1.807, 2.05) is 16.8 Å². The lowest BCUT2D eigenvalue weighted by molar-refractivity contribution is -0.148. The van der Waals surface area contributed by atoms with Gasteiger partial charge < -0.3 is 29.7 Å². The first-order valence-electron chi connectivity index (χ1n) is 8.97. The second-order valence-corrected chi connectivity index (χ2v) is 6.97. The molecule has 1 aromatic carbocycles. The molecular formula is C20H23NO6S. The molecule has 3 rings (SSSR count). The summed E-state index contributed by atoms with van der Waals surface area (Å²) in [5, 5.41) is 24.9.